The zero-order chi connectivity index (χ0) is 13.7. The van der Waals surface area contributed by atoms with E-state index in [4.69, 9.17) is 11.6 Å². The predicted octanol–water partition coefficient (Wildman–Crippen LogP) is 2.84. The molecule has 1 aromatic heterocycles. The van der Waals surface area contributed by atoms with Crippen molar-refractivity contribution in [3.63, 3.8) is 0 Å². The fourth-order valence-corrected chi connectivity index (χ4v) is 2.78. The molecule has 4 nitrogen and oxygen atoms in total. The van der Waals surface area contributed by atoms with Crippen LogP contribution < -0.4 is 5.32 Å². The maximum atomic E-state index is 6.03. The van der Waals surface area contributed by atoms with Gasteiger partial charge in [-0.1, -0.05) is 18.5 Å². The number of rotatable bonds is 5. The third-order valence-electron chi connectivity index (χ3n) is 3.51. The van der Waals surface area contributed by atoms with Crippen LogP contribution in [0.4, 0.5) is 5.82 Å². The summed E-state index contributed by atoms with van der Waals surface area (Å²) < 4.78 is 0. The lowest BCUT2D eigenvalue weighted by atomic mass is 9.98. The summed E-state index contributed by atoms with van der Waals surface area (Å²) in [5.41, 5.74) is 0. The molecule has 1 saturated heterocycles. The Morgan fingerprint density at radius 1 is 1.47 bits per heavy atom. The summed E-state index contributed by atoms with van der Waals surface area (Å²) in [6.45, 7) is 5.46. The van der Waals surface area contributed by atoms with E-state index in [2.05, 4.69) is 34.2 Å². The van der Waals surface area contributed by atoms with Crippen LogP contribution in [0, 0.1) is 5.92 Å². The van der Waals surface area contributed by atoms with Crippen molar-refractivity contribution in [2.75, 3.05) is 32.0 Å². The van der Waals surface area contributed by atoms with Gasteiger partial charge in [0.05, 0.1) is 0 Å². The van der Waals surface area contributed by atoms with Gasteiger partial charge in [-0.05, 0) is 38.8 Å². The van der Waals surface area contributed by atoms with Crippen molar-refractivity contribution < 1.29 is 0 Å². The van der Waals surface area contributed by atoms with Crippen LogP contribution >= 0.6 is 11.6 Å². The summed E-state index contributed by atoms with van der Waals surface area (Å²) in [6, 6.07) is 1.81. The van der Waals surface area contributed by atoms with Crippen molar-refractivity contribution in [3.8, 4) is 0 Å². The zero-order valence-electron chi connectivity index (χ0n) is 11.8. The van der Waals surface area contributed by atoms with Gasteiger partial charge in [0, 0.05) is 25.6 Å². The Bertz CT molecular complexity index is 410. The number of aromatic nitrogens is 2. The molecule has 19 heavy (non-hydrogen) atoms. The lowest BCUT2D eigenvalue weighted by Gasteiger charge is -2.29. The summed E-state index contributed by atoms with van der Waals surface area (Å²) in [4.78, 5) is 11.1. The van der Waals surface area contributed by atoms with Crippen LogP contribution in [0.1, 0.15) is 32.0 Å². The maximum absolute atomic E-state index is 6.03. The van der Waals surface area contributed by atoms with Crippen molar-refractivity contribution >= 4 is 17.4 Å². The minimum absolute atomic E-state index is 0.529. The molecule has 1 aromatic rings. The molecule has 1 aliphatic rings. The first kappa shape index (κ1) is 14.5. The molecule has 1 atom stereocenters. The summed E-state index contributed by atoms with van der Waals surface area (Å²) in [7, 11) is 2.19. The first-order valence-electron chi connectivity index (χ1n) is 7.13. The van der Waals surface area contributed by atoms with Gasteiger partial charge in [0.25, 0.3) is 0 Å². The van der Waals surface area contributed by atoms with E-state index in [1.807, 2.05) is 6.07 Å². The van der Waals surface area contributed by atoms with Gasteiger partial charge in [0.1, 0.15) is 16.8 Å². The summed E-state index contributed by atoms with van der Waals surface area (Å²) in [6.07, 6.45) is 4.49. The van der Waals surface area contributed by atoms with Gasteiger partial charge in [-0.15, -0.1) is 0 Å². The van der Waals surface area contributed by atoms with Crippen molar-refractivity contribution in [1.29, 1.82) is 0 Å². The maximum Gasteiger partial charge on any atom is 0.134 e. The molecule has 0 spiro atoms. The molecule has 0 bridgehead atoms. The number of halogens is 1. The average molecular weight is 283 g/mol. The molecule has 1 N–H and O–H groups in total. The van der Waals surface area contributed by atoms with E-state index in [1.165, 1.54) is 19.4 Å². The molecular formula is C14H23ClN4. The van der Waals surface area contributed by atoms with Gasteiger partial charge in [-0.2, -0.15) is 0 Å². The Morgan fingerprint density at radius 3 is 3.05 bits per heavy atom. The molecule has 1 unspecified atom stereocenters. The Hall–Kier alpha value is -0.870. The molecule has 0 radical (unpaired) electrons. The molecule has 2 heterocycles. The second kappa shape index (κ2) is 7.06. The molecule has 5 heteroatoms. The van der Waals surface area contributed by atoms with Gasteiger partial charge in [-0.25, -0.2) is 9.97 Å². The first-order valence-corrected chi connectivity index (χ1v) is 7.51. The van der Waals surface area contributed by atoms with E-state index in [0.717, 1.165) is 37.6 Å². The smallest absolute Gasteiger partial charge is 0.134 e. The second-order valence-corrected chi connectivity index (χ2v) is 5.78. The predicted molar refractivity (Wildman–Crippen MR) is 79.7 cm³/mol. The number of aryl methyl sites for hydroxylation is 1. The highest BCUT2D eigenvalue weighted by molar-refractivity contribution is 6.29. The van der Waals surface area contributed by atoms with Crippen molar-refractivity contribution in [1.82, 2.24) is 14.9 Å². The fourth-order valence-electron chi connectivity index (χ4n) is 2.58. The van der Waals surface area contributed by atoms with Crippen LogP contribution in [-0.2, 0) is 6.42 Å². The van der Waals surface area contributed by atoms with E-state index in [9.17, 15) is 0 Å². The monoisotopic (exact) mass is 282 g/mol. The van der Waals surface area contributed by atoms with E-state index in [-0.39, 0.29) is 0 Å². The van der Waals surface area contributed by atoms with Crippen LogP contribution in [0.5, 0.6) is 0 Å². The number of hydrogen-bond donors (Lipinski definition) is 1. The molecular weight excluding hydrogens is 260 g/mol. The van der Waals surface area contributed by atoms with Crippen LogP contribution in [0.15, 0.2) is 6.07 Å². The minimum Gasteiger partial charge on any atom is -0.370 e. The van der Waals surface area contributed by atoms with Gasteiger partial charge in [0.15, 0.2) is 0 Å². The van der Waals surface area contributed by atoms with Crippen molar-refractivity contribution in [3.05, 3.63) is 17.0 Å². The number of hydrogen-bond acceptors (Lipinski definition) is 4. The van der Waals surface area contributed by atoms with E-state index >= 15 is 0 Å². The quantitative estimate of drug-likeness (QED) is 0.843. The zero-order valence-corrected chi connectivity index (χ0v) is 12.6. The second-order valence-electron chi connectivity index (χ2n) is 5.39. The lowest BCUT2D eigenvalue weighted by molar-refractivity contribution is 0.217. The minimum atomic E-state index is 0.529. The van der Waals surface area contributed by atoms with Crippen LogP contribution in [-0.4, -0.2) is 41.5 Å². The Kier molecular flexibility index (Phi) is 5.40. The number of nitrogens with zero attached hydrogens (tertiary/aromatic N) is 3. The van der Waals surface area contributed by atoms with Crippen LogP contribution in [0.25, 0.3) is 0 Å². The van der Waals surface area contributed by atoms with Gasteiger partial charge in [-0.3, -0.25) is 0 Å². The molecule has 2 rings (SSSR count). The third-order valence-corrected chi connectivity index (χ3v) is 3.70. The molecule has 0 aliphatic carbocycles. The molecule has 0 aromatic carbocycles. The largest absolute Gasteiger partial charge is 0.370 e. The summed E-state index contributed by atoms with van der Waals surface area (Å²) >= 11 is 6.03. The van der Waals surface area contributed by atoms with Crippen molar-refractivity contribution in [2.45, 2.75) is 32.6 Å². The highest BCUT2D eigenvalue weighted by Gasteiger charge is 2.17. The van der Waals surface area contributed by atoms with Crippen LogP contribution in [0.2, 0.25) is 5.15 Å². The average Bonchev–Trinajstić information content (AvgIpc) is 2.36. The normalized spacial score (nSPS) is 20.5. The molecule has 0 saturated carbocycles. The van der Waals surface area contributed by atoms with Gasteiger partial charge >= 0.3 is 0 Å². The topological polar surface area (TPSA) is 41.1 Å². The van der Waals surface area contributed by atoms with Gasteiger partial charge in [0.2, 0.25) is 0 Å². The third kappa shape index (κ3) is 4.62. The number of nitrogens with one attached hydrogen (secondary N) is 1. The SMILES string of the molecule is CCCc1nc(Cl)cc(NCC2CCCN(C)C2)n1. The Balaban J connectivity index is 1.91. The standard InChI is InChI=1S/C14H23ClN4/c1-3-5-13-17-12(15)8-14(18-13)16-9-11-6-4-7-19(2)10-11/h8,11H,3-7,9-10H2,1-2H3,(H,16,17,18). The Labute approximate surface area is 120 Å². The summed E-state index contributed by atoms with van der Waals surface area (Å²) in [5, 5.41) is 3.94. The lowest BCUT2D eigenvalue weighted by Crippen LogP contribution is -2.35. The highest BCUT2D eigenvalue weighted by atomic mass is 35.5. The van der Waals surface area contributed by atoms with E-state index < -0.39 is 0 Å². The van der Waals surface area contributed by atoms with Crippen molar-refractivity contribution in [2.24, 2.45) is 5.92 Å². The number of piperidine rings is 1. The molecule has 106 valence electrons. The Morgan fingerprint density at radius 2 is 2.32 bits per heavy atom. The van der Waals surface area contributed by atoms with Gasteiger partial charge < -0.3 is 10.2 Å². The van der Waals surface area contributed by atoms with E-state index in [0.29, 0.717) is 11.1 Å². The summed E-state index contributed by atoms with van der Waals surface area (Å²) in [5.74, 6) is 2.39. The highest BCUT2D eigenvalue weighted by Crippen LogP contribution is 2.17. The first-order chi connectivity index (χ1) is 9.17. The van der Waals surface area contributed by atoms with Crippen LogP contribution in [0.3, 0.4) is 0 Å². The molecule has 0 amide bonds. The fraction of sp³-hybridized carbons (Fsp3) is 0.714. The molecule has 1 fully saturated rings. The number of likely N-dealkylation sites (tertiary alicyclic amines) is 1. The van der Waals surface area contributed by atoms with E-state index in [1.54, 1.807) is 0 Å². The number of anilines is 1. The molecule has 1 aliphatic heterocycles.